The van der Waals surface area contributed by atoms with Gasteiger partial charge in [0.1, 0.15) is 0 Å². The smallest absolute Gasteiger partial charge is 0.191 e. The van der Waals surface area contributed by atoms with Crippen molar-refractivity contribution in [2.24, 2.45) is 4.99 Å². The molecule has 0 spiro atoms. The number of hydrogen-bond donors (Lipinski definition) is 2. The Labute approximate surface area is 140 Å². The highest BCUT2D eigenvalue weighted by atomic mass is 16.5. The zero-order chi connectivity index (χ0) is 17.3. The zero-order valence-electron chi connectivity index (χ0n) is 15.3. The predicted molar refractivity (Wildman–Crippen MR) is 96.8 cm³/mol. The monoisotopic (exact) mass is 321 g/mol. The Hall–Kier alpha value is -1.91. The van der Waals surface area contributed by atoms with Crippen LogP contribution < -0.4 is 20.1 Å². The minimum atomic E-state index is -0.103. The molecule has 130 valence electrons. The maximum atomic E-state index is 5.40. The van der Waals surface area contributed by atoms with Crippen LogP contribution in [-0.4, -0.2) is 39.8 Å². The summed E-state index contributed by atoms with van der Waals surface area (Å²) in [7, 11) is 3.31. The van der Waals surface area contributed by atoms with Crippen molar-refractivity contribution < 1.29 is 9.47 Å². The van der Waals surface area contributed by atoms with Gasteiger partial charge in [-0.15, -0.1) is 0 Å². The zero-order valence-corrected chi connectivity index (χ0v) is 15.3. The number of aliphatic imine (C=N–C) groups is 1. The summed E-state index contributed by atoms with van der Waals surface area (Å²) < 4.78 is 10.7. The fourth-order valence-corrected chi connectivity index (χ4v) is 2.21. The highest BCUT2D eigenvalue weighted by Crippen LogP contribution is 2.33. The normalized spacial score (nSPS) is 12.0. The number of rotatable bonds is 8. The summed E-state index contributed by atoms with van der Waals surface area (Å²) >= 11 is 0. The Morgan fingerprint density at radius 1 is 1.09 bits per heavy atom. The molecule has 2 N–H and O–H groups in total. The maximum absolute atomic E-state index is 5.40. The number of guanidine groups is 1. The van der Waals surface area contributed by atoms with Gasteiger partial charge in [-0.2, -0.15) is 0 Å². The number of nitrogens with zero attached hydrogens (tertiary/aromatic N) is 1. The Morgan fingerprint density at radius 3 is 2.35 bits per heavy atom. The van der Waals surface area contributed by atoms with E-state index in [1.165, 1.54) is 5.56 Å². The van der Waals surface area contributed by atoms with Crippen LogP contribution in [0, 0.1) is 0 Å². The van der Waals surface area contributed by atoms with Crippen molar-refractivity contribution in [1.29, 1.82) is 0 Å². The third kappa shape index (κ3) is 5.66. The van der Waals surface area contributed by atoms with Crippen LogP contribution in [0.1, 0.15) is 39.7 Å². The van der Waals surface area contributed by atoms with Gasteiger partial charge < -0.3 is 20.1 Å². The lowest BCUT2D eigenvalue weighted by atomic mass is 9.84. The van der Waals surface area contributed by atoms with Gasteiger partial charge >= 0.3 is 0 Å². The molecule has 0 bridgehead atoms. The molecule has 0 aromatic heterocycles. The van der Waals surface area contributed by atoms with Crippen molar-refractivity contribution in [1.82, 2.24) is 10.6 Å². The lowest BCUT2D eigenvalue weighted by molar-refractivity contribution is 0.353. The van der Waals surface area contributed by atoms with Crippen molar-refractivity contribution >= 4 is 5.96 Å². The van der Waals surface area contributed by atoms with Crippen molar-refractivity contribution in [2.45, 2.75) is 39.5 Å². The van der Waals surface area contributed by atoms with Crippen LogP contribution >= 0.6 is 0 Å². The quantitative estimate of drug-likeness (QED) is 0.571. The molecular formula is C18H31N3O2. The van der Waals surface area contributed by atoms with Gasteiger partial charge in [-0.3, -0.25) is 4.99 Å². The first-order valence-electron chi connectivity index (χ1n) is 8.23. The fraction of sp³-hybridized carbons (Fsp3) is 0.611. The minimum absolute atomic E-state index is 0.103. The van der Waals surface area contributed by atoms with Crippen LogP contribution in [0.15, 0.2) is 23.2 Å². The van der Waals surface area contributed by atoms with E-state index in [-0.39, 0.29) is 5.41 Å². The van der Waals surface area contributed by atoms with E-state index in [2.05, 4.69) is 44.4 Å². The maximum Gasteiger partial charge on any atom is 0.191 e. The molecule has 1 rings (SSSR count). The molecule has 1 aromatic carbocycles. The van der Waals surface area contributed by atoms with Crippen LogP contribution in [0.4, 0.5) is 0 Å². The van der Waals surface area contributed by atoms with Crippen molar-refractivity contribution in [2.75, 3.05) is 33.9 Å². The number of ether oxygens (including phenoxy) is 2. The summed E-state index contributed by atoms with van der Waals surface area (Å²) in [5, 5.41) is 6.61. The fourth-order valence-electron chi connectivity index (χ4n) is 2.21. The van der Waals surface area contributed by atoms with Gasteiger partial charge in [0, 0.05) is 18.5 Å². The third-order valence-corrected chi connectivity index (χ3v) is 3.68. The molecular weight excluding hydrogens is 290 g/mol. The first-order valence-corrected chi connectivity index (χ1v) is 8.23. The van der Waals surface area contributed by atoms with E-state index in [0.29, 0.717) is 6.54 Å². The first kappa shape index (κ1) is 19.1. The average molecular weight is 321 g/mol. The molecule has 0 radical (unpaired) electrons. The van der Waals surface area contributed by atoms with Crippen LogP contribution in [0.3, 0.4) is 0 Å². The molecule has 0 saturated carbocycles. The van der Waals surface area contributed by atoms with E-state index < -0.39 is 0 Å². The third-order valence-electron chi connectivity index (χ3n) is 3.68. The second kappa shape index (κ2) is 9.28. The van der Waals surface area contributed by atoms with Gasteiger partial charge in [0.2, 0.25) is 0 Å². The van der Waals surface area contributed by atoms with Crippen LogP contribution in [0.2, 0.25) is 0 Å². The standard InChI is InChI=1S/C18H31N3O2/c1-7-11-20-17(19-8-2)21-13-18(3,4)14-9-10-15(22-5)16(12-14)23-6/h9-10,12H,7-8,11,13H2,1-6H3,(H2,19,20,21). The number of methoxy groups -OCH3 is 2. The first-order chi connectivity index (χ1) is 11.0. The molecule has 5 nitrogen and oxygen atoms in total. The molecule has 0 aliphatic heterocycles. The molecule has 23 heavy (non-hydrogen) atoms. The van der Waals surface area contributed by atoms with Gasteiger partial charge in [0.05, 0.1) is 20.8 Å². The van der Waals surface area contributed by atoms with Crippen LogP contribution in [0.5, 0.6) is 11.5 Å². The molecule has 0 saturated heterocycles. The summed E-state index contributed by atoms with van der Waals surface area (Å²) in [6.07, 6.45) is 1.07. The van der Waals surface area contributed by atoms with Crippen molar-refractivity contribution in [3.05, 3.63) is 23.8 Å². The molecule has 0 fully saturated rings. The SMILES string of the molecule is CCCNC(=NCC(C)(C)c1ccc(OC)c(OC)c1)NCC. The summed E-state index contributed by atoms with van der Waals surface area (Å²) in [5.41, 5.74) is 1.07. The van der Waals surface area contributed by atoms with E-state index in [9.17, 15) is 0 Å². The summed E-state index contributed by atoms with van der Waals surface area (Å²) in [6, 6.07) is 6.05. The molecule has 5 heteroatoms. The molecule has 0 aliphatic rings. The molecule has 1 aromatic rings. The van der Waals surface area contributed by atoms with Crippen molar-refractivity contribution in [3.8, 4) is 11.5 Å². The molecule has 0 aliphatic carbocycles. The Kier molecular flexibility index (Phi) is 7.72. The molecule has 0 heterocycles. The van der Waals surface area contributed by atoms with E-state index in [4.69, 9.17) is 14.5 Å². The van der Waals surface area contributed by atoms with Gasteiger partial charge in [0.25, 0.3) is 0 Å². The van der Waals surface area contributed by atoms with E-state index >= 15 is 0 Å². The predicted octanol–water partition coefficient (Wildman–Crippen LogP) is 2.95. The van der Waals surface area contributed by atoms with Gasteiger partial charge in [-0.1, -0.05) is 26.8 Å². The Bertz CT molecular complexity index is 513. The second-order valence-corrected chi connectivity index (χ2v) is 6.08. The highest BCUT2D eigenvalue weighted by Gasteiger charge is 2.22. The summed E-state index contributed by atoms with van der Waals surface area (Å²) in [6.45, 7) is 11.0. The number of hydrogen-bond acceptors (Lipinski definition) is 3. The number of benzene rings is 1. The van der Waals surface area contributed by atoms with Gasteiger partial charge in [0.15, 0.2) is 17.5 Å². The van der Waals surface area contributed by atoms with Crippen molar-refractivity contribution in [3.63, 3.8) is 0 Å². The van der Waals surface area contributed by atoms with Crippen LogP contribution in [-0.2, 0) is 5.41 Å². The van der Waals surface area contributed by atoms with E-state index in [0.717, 1.165) is 37.0 Å². The summed E-state index contributed by atoms with van der Waals surface area (Å²) in [4.78, 5) is 4.72. The van der Waals surface area contributed by atoms with E-state index in [1.807, 2.05) is 12.1 Å². The lowest BCUT2D eigenvalue weighted by Gasteiger charge is -2.25. The largest absolute Gasteiger partial charge is 0.493 e. The summed E-state index contributed by atoms with van der Waals surface area (Å²) in [5.74, 6) is 2.36. The number of nitrogens with one attached hydrogen (secondary N) is 2. The lowest BCUT2D eigenvalue weighted by Crippen LogP contribution is -2.38. The average Bonchev–Trinajstić information content (AvgIpc) is 2.56. The van der Waals surface area contributed by atoms with Gasteiger partial charge in [-0.25, -0.2) is 0 Å². The highest BCUT2D eigenvalue weighted by molar-refractivity contribution is 5.79. The molecule has 0 atom stereocenters. The molecule has 0 amide bonds. The van der Waals surface area contributed by atoms with Gasteiger partial charge in [-0.05, 0) is 31.0 Å². The Morgan fingerprint density at radius 2 is 1.78 bits per heavy atom. The van der Waals surface area contributed by atoms with E-state index in [1.54, 1.807) is 14.2 Å². The molecule has 0 unspecified atom stereocenters. The minimum Gasteiger partial charge on any atom is -0.493 e. The van der Waals surface area contributed by atoms with Crippen LogP contribution in [0.25, 0.3) is 0 Å². The second-order valence-electron chi connectivity index (χ2n) is 6.08. The topological polar surface area (TPSA) is 54.9 Å². The Balaban J connectivity index is 2.92.